The number of halogens is 3. The van der Waals surface area contributed by atoms with E-state index in [2.05, 4.69) is 5.10 Å². The molecule has 104 valence electrons. The highest BCUT2D eigenvalue weighted by atomic mass is 32.2. The fraction of sp³-hybridized carbons (Fsp3) is 0.727. The van der Waals surface area contributed by atoms with Gasteiger partial charge in [0.2, 0.25) is 0 Å². The Bertz CT molecular complexity index is 390. The van der Waals surface area contributed by atoms with Gasteiger partial charge in [-0.25, -0.2) is 0 Å². The molecule has 7 heteroatoms. The van der Waals surface area contributed by atoms with Crippen LogP contribution in [0.15, 0.2) is 0 Å². The lowest BCUT2D eigenvalue weighted by atomic mass is 10.1. The molecule has 0 aliphatic carbocycles. The van der Waals surface area contributed by atoms with E-state index in [0.717, 1.165) is 17.0 Å². The summed E-state index contributed by atoms with van der Waals surface area (Å²) in [5.41, 5.74) is -1.84. The number of aliphatic hydroxyl groups excluding tert-OH is 1. The van der Waals surface area contributed by atoms with Crippen LogP contribution in [-0.2, 0) is 26.0 Å². The summed E-state index contributed by atoms with van der Waals surface area (Å²) in [6.07, 6.45) is 1.32. The van der Waals surface area contributed by atoms with Crippen LogP contribution in [0.2, 0.25) is 0 Å². The minimum Gasteiger partial charge on any atom is -0.392 e. The molecule has 0 unspecified atom stereocenters. The third-order valence-electron chi connectivity index (χ3n) is 2.65. The maximum Gasteiger partial charge on any atom is 0.441 e. The highest BCUT2D eigenvalue weighted by Crippen LogP contribution is 2.30. The van der Waals surface area contributed by atoms with Crippen LogP contribution < -0.4 is 0 Å². The number of nitrogens with zero attached hydrogens (tertiary/aromatic N) is 2. The molecule has 1 heterocycles. The Hall–Kier alpha value is -0.690. The Kier molecular flexibility index (Phi) is 5.52. The zero-order valence-electron chi connectivity index (χ0n) is 10.4. The largest absolute Gasteiger partial charge is 0.441 e. The predicted molar refractivity (Wildman–Crippen MR) is 65.4 cm³/mol. The van der Waals surface area contributed by atoms with Crippen LogP contribution in [0.5, 0.6) is 0 Å². The summed E-state index contributed by atoms with van der Waals surface area (Å²) in [4.78, 5) is 0. The van der Waals surface area contributed by atoms with Gasteiger partial charge < -0.3 is 5.11 Å². The molecule has 0 fully saturated rings. The molecule has 0 atom stereocenters. The van der Waals surface area contributed by atoms with Crippen LogP contribution in [-0.4, -0.2) is 26.1 Å². The molecule has 18 heavy (non-hydrogen) atoms. The van der Waals surface area contributed by atoms with Crippen molar-refractivity contribution in [3.8, 4) is 0 Å². The van der Waals surface area contributed by atoms with Crippen molar-refractivity contribution in [3.05, 3.63) is 17.0 Å². The Balaban J connectivity index is 2.79. The summed E-state index contributed by atoms with van der Waals surface area (Å²) in [5.74, 6) is -0.0633. The van der Waals surface area contributed by atoms with Crippen molar-refractivity contribution in [1.82, 2.24) is 9.78 Å². The summed E-state index contributed by atoms with van der Waals surface area (Å²) < 4.78 is 37.7. The molecule has 0 saturated heterocycles. The molecular formula is C11H17F3N2OS. The van der Waals surface area contributed by atoms with Gasteiger partial charge in [0.1, 0.15) is 0 Å². The first kappa shape index (κ1) is 15.4. The van der Waals surface area contributed by atoms with Crippen LogP contribution in [0.3, 0.4) is 0 Å². The molecule has 0 aromatic carbocycles. The van der Waals surface area contributed by atoms with Gasteiger partial charge in [0.05, 0.1) is 18.8 Å². The lowest BCUT2D eigenvalue weighted by Gasteiger charge is -2.08. The van der Waals surface area contributed by atoms with Crippen molar-refractivity contribution < 1.29 is 18.3 Å². The van der Waals surface area contributed by atoms with Crippen LogP contribution in [0.4, 0.5) is 13.2 Å². The molecule has 1 aromatic heterocycles. The molecule has 1 aromatic rings. The minimum atomic E-state index is -4.20. The van der Waals surface area contributed by atoms with Crippen molar-refractivity contribution >= 4 is 11.8 Å². The number of alkyl halides is 3. The molecule has 1 N–H and O–H groups in total. The number of rotatable bonds is 6. The number of hydrogen-bond donors (Lipinski definition) is 1. The van der Waals surface area contributed by atoms with Gasteiger partial charge in [-0.05, 0) is 24.6 Å². The summed E-state index contributed by atoms with van der Waals surface area (Å²) in [6.45, 7) is 3.91. The molecule has 0 saturated carbocycles. The normalized spacial score (nSPS) is 12.1. The first-order valence-corrected chi connectivity index (χ1v) is 6.80. The van der Waals surface area contributed by atoms with Gasteiger partial charge in [-0.1, -0.05) is 13.8 Å². The molecule has 0 aliphatic rings. The van der Waals surface area contributed by atoms with Crippen molar-refractivity contribution in [2.24, 2.45) is 0 Å². The van der Waals surface area contributed by atoms with Gasteiger partial charge in [-0.3, -0.25) is 4.68 Å². The monoisotopic (exact) mass is 282 g/mol. The van der Waals surface area contributed by atoms with E-state index in [4.69, 9.17) is 0 Å². The molecule has 0 bridgehead atoms. The van der Waals surface area contributed by atoms with E-state index in [1.807, 2.05) is 13.8 Å². The van der Waals surface area contributed by atoms with Gasteiger partial charge >= 0.3 is 5.51 Å². The molecule has 0 radical (unpaired) electrons. The number of aryl methyl sites for hydroxylation is 2. The maximum absolute atomic E-state index is 12.1. The average Bonchev–Trinajstić information content (AvgIpc) is 2.64. The maximum atomic E-state index is 12.1. The van der Waals surface area contributed by atoms with E-state index in [0.29, 0.717) is 12.8 Å². The molecular weight excluding hydrogens is 265 g/mol. The summed E-state index contributed by atoms with van der Waals surface area (Å²) in [6, 6.07) is 0. The van der Waals surface area contributed by atoms with Crippen molar-refractivity contribution in [2.45, 2.75) is 45.3 Å². The Labute approximate surface area is 108 Å². The molecule has 0 amide bonds. The number of aliphatic hydroxyl groups is 1. The third kappa shape index (κ3) is 3.91. The van der Waals surface area contributed by atoms with E-state index in [1.165, 1.54) is 0 Å². The third-order valence-corrected chi connectivity index (χ3v) is 3.36. The van der Waals surface area contributed by atoms with Crippen molar-refractivity contribution in [1.29, 1.82) is 0 Å². The Morgan fingerprint density at radius 3 is 2.39 bits per heavy atom. The second-order valence-electron chi connectivity index (χ2n) is 3.75. The second-order valence-corrected chi connectivity index (χ2v) is 4.91. The topological polar surface area (TPSA) is 38.0 Å². The SMILES string of the molecule is CCc1nn(CCSC(F)(F)F)c(CC)c1CO. The predicted octanol–water partition coefficient (Wildman–Crippen LogP) is 2.75. The zero-order valence-corrected chi connectivity index (χ0v) is 11.2. The van der Waals surface area contributed by atoms with Crippen molar-refractivity contribution in [3.63, 3.8) is 0 Å². The van der Waals surface area contributed by atoms with Gasteiger partial charge in [0.15, 0.2) is 0 Å². The minimum absolute atomic E-state index is 0.0454. The quantitative estimate of drug-likeness (QED) is 0.872. The zero-order chi connectivity index (χ0) is 13.8. The van der Waals surface area contributed by atoms with Crippen molar-refractivity contribution in [2.75, 3.05) is 5.75 Å². The molecule has 3 nitrogen and oxygen atoms in total. The van der Waals surface area contributed by atoms with Crippen LogP contribution in [0, 0.1) is 0 Å². The molecule has 0 spiro atoms. The highest BCUT2D eigenvalue weighted by Gasteiger charge is 2.27. The second kappa shape index (κ2) is 6.47. The first-order chi connectivity index (χ1) is 8.42. The summed E-state index contributed by atoms with van der Waals surface area (Å²) in [7, 11) is 0. The number of hydrogen-bond acceptors (Lipinski definition) is 3. The van der Waals surface area contributed by atoms with Gasteiger partial charge in [-0.15, -0.1) is 0 Å². The van der Waals surface area contributed by atoms with Gasteiger partial charge in [-0.2, -0.15) is 18.3 Å². The Morgan fingerprint density at radius 1 is 1.28 bits per heavy atom. The lowest BCUT2D eigenvalue weighted by molar-refractivity contribution is -0.0328. The highest BCUT2D eigenvalue weighted by molar-refractivity contribution is 8.00. The van der Waals surface area contributed by atoms with Crippen LogP contribution >= 0.6 is 11.8 Å². The van der Waals surface area contributed by atoms with Gasteiger partial charge in [0, 0.05) is 17.0 Å². The van der Waals surface area contributed by atoms with E-state index >= 15 is 0 Å². The van der Waals surface area contributed by atoms with E-state index < -0.39 is 5.51 Å². The molecule has 1 rings (SSSR count). The number of thioether (sulfide) groups is 1. The standard InChI is InChI=1S/C11H17F3N2OS/c1-3-9-8(7-17)10(4-2)16(15-9)5-6-18-11(12,13)14/h17H,3-7H2,1-2H3. The fourth-order valence-electron chi connectivity index (χ4n) is 1.88. The van der Waals surface area contributed by atoms with Crippen LogP contribution in [0.25, 0.3) is 0 Å². The number of aromatic nitrogens is 2. The first-order valence-electron chi connectivity index (χ1n) is 5.81. The van der Waals surface area contributed by atoms with E-state index in [9.17, 15) is 18.3 Å². The Morgan fingerprint density at radius 2 is 1.94 bits per heavy atom. The van der Waals surface area contributed by atoms with Crippen LogP contribution in [0.1, 0.15) is 30.8 Å². The van der Waals surface area contributed by atoms with E-state index in [-0.39, 0.29) is 30.7 Å². The average molecular weight is 282 g/mol. The lowest BCUT2D eigenvalue weighted by Crippen LogP contribution is -2.10. The van der Waals surface area contributed by atoms with E-state index in [1.54, 1.807) is 4.68 Å². The fourth-order valence-corrected chi connectivity index (χ4v) is 2.38. The smallest absolute Gasteiger partial charge is 0.392 e. The van der Waals surface area contributed by atoms with Gasteiger partial charge in [0.25, 0.3) is 0 Å². The molecule has 0 aliphatic heterocycles. The summed E-state index contributed by atoms with van der Waals surface area (Å²) in [5, 5.41) is 13.6. The summed E-state index contributed by atoms with van der Waals surface area (Å²) >= 11 is -0.0454.